The Morgan fingerprint density at radius 3 is 2.58 bits per heavy atom. The Bertz CT molecular complexity index is 655. The van der Waals surface area contributed by atoms with Crippen LogP contribution < -0.4 is 11.1 Å². The zero-order chi connectivity index (χ0) is 14.0. The van der Waals surface area contributed by atoms with Crippen molar-refractivity contribution in [2.75, 3.05) is 5.32 Å². The van der Waals surface area contributed by atoms with E-state index in [1.807, 2.05) is 0 Å². The van der Waals surface area contributed by atoms with Crippen LogP contribution in [0, 0.1) is 0 Å². The summed E-state index contributed by atoms with van der Waals surface area (Å²) in [4.78, 5) is 12.7. The normalized spacial score (nSPS) is 10.2. The van der Waals surface area contributed by atoms with Gasteiger partial charge in [-0.1, -0.05) is 35.4 Å². The van der Waals surface area contributed by atoms with Crippen LogP contribution >= 0.6 is 46.8 Å². The molecule has 1 amide bonds. The summed E-state index contributed by atoms with van der Waals surface area (Å²) in [7, 11) is 0. The molecule has 0 radical (unpaired) electrons. The number of nitrogens with two attached hydrogens (primary N) is 1. The van der Waals surface area contributed by atoms with Gasteiger partial charge in [0.25, 0.3) is 5.91 Å². The second-order valence-electron chi connectivity index (χ2n) is 3.61. The number of nitrogens with one attached hydrogen (secondary N) is 1. The van der Waals surface area contributed by atoms with Crippen LogP contribution in [0.15, 0.2) is 30.3 Å². The number of amides is 1. The van der Waals surface area contributed by atoms with Crippen molar-refractivity contribution in [1.82, 2.24) is 0 Å². The number of benzene rings is 1. The largest absolute Gasteiger partial charge is 0.389 e. The van der Waals surface area contributed by atoms with Crippen molar-refractivity contribution < 1.29 is 4.79 Å². The molecule has 98 valence electrons. The van der Waals surface area contributed by atoms with Gasteiger partial charge in [0.05, 0.1) is 14.9 Å². The molecule has 19 heavy (non-hydrogen) atoms. The number of hydrogen-bond acceptors (Lipinski definition) is 3. The fourth-order valence-corrected chi connectivity index (χ4v) is 2.74. The number of rotatable bonds is 3. The molecule has 3 N–H and O–H groups in total. The summed E-state index contributed by atoms with van der Waals surface area (Å²) in [6, 6.07) is 8.24. The van der Waals surface area contributed by atoms with E-state index in [2.05, 4.69) is 5.32 Å². The third-order valence-electron chi connectivity index (χ3n) is 2.29. The number of carbonyl (C=O) groups excluding carboxylic acids is 1. The van der Waals surface area contributed by atoms with Crippen LogP contribution in [-0.4, -0.2) is 10.9 Å². The van der Waals surface area contributed by atoms with Crippen molar-refractivity contribution in [2.24, 2.45) is 5.73 Å². The van der Waals surface area contributed by atoms with Crippen LogP contribution in [0.25, 0.3) is 0 Å². The van der Waals surface area contributed by atoms with Crippen LogP contribution in [0.5, 0.6) is 0 Å². The first-order chi connectivity index (χ1) is 8.97. The highest BCUT2D eigenvalue weighted by atomic mass is 35.5. The third-order valence-corrected chi connectivity index (χ3v) is 3.98. The third kappa shape index (κ3) is 3.45. The molecule has 0 aliphatic carbocycles. The quantitative estimate of drug-likeness (QED) is 0.838. The topological polar surface area (TPSA) is 55.1 Å². The Morgan fingerprint density at radius 2 is 2.00 bits per heavy atom. The Kier molecular flexibility index (Phi) is 4.42. The highest BCUT2D eigenvalue weighted by Crippen LogP contribution is 2.25. The number of anilines is 1. The fraction of sp³-hybridized carbons (Fsp3) is 0. The molecule has 1 heterocycles. The molecular formula is C12H8Cl2N2OS2. The molecule has 0 aliphatic heterocycles. The van der Waals surface area contributed by atoms with Gasteiger partial charge < -0.3 is 11.1 Å². The lowest BCUT2D eigenvalue weighted by Gasteiger charge is -2.09. The first kappa shape index (κ1) is 14.3. The number of halogens is 2. The zero-order valence-electron chi connectivity index (χ0n) is 9.44. The fourth-order valence-electron chi connectivity index (χ4n) is 1.45. The van der Waals surface area contributed by atoms with Crippen LogP contribution in [-0.2, 0) is 0 Å². The average molecular weight is 331 g/mol. The molecule has 2 aromatic rings. The van der Waals surface area contributed by atoms with Crippen LogP contribution in [0.4, 0.5) is 5.69 Å². The minimum absolute atomic E-state index is 0.191. The highest BCUT2D eigenvalue weighted by Gasteiger charge is 2.13. The molecule has 0 aliphatic rings. The second kappa shape index (κ2) is 5.88. The Balaban J connectivity index is 2.30. The summed E-state index contributed by atoms with van der Waals surface area (Å²) >= 11 is 17.8. The molecule has 0 unspecified atom stereocenters. The average Bonchev–Trinajstić information content (AvgIpc) is 2.75. The first-order valence-electron chi connectivity index (χ1n) is 5.13. The highest BCUT2D eigenvalue weighted by molar-refractivity contribution is 7.80. The number of thiophene rings is 1. The monoisotopic (exact) mass is 330 g/mol. The van der Waals surface area contributed by atoms with Crippen molar-refractivity contribution in [3.05, 3.63) is 50.1 Å². The SMILES string of the molecule is NC(=S)c1ccc(Cl)cc1NC(=O)c1ccc(Cl)s1. The van der Waals surface area contributed by atoms with Gasteiger partial charge in [0, 0.05) is 10.6 Å². The lowest BCUT2D eigenvalue weighted by atomic mass is 10.1. The molecule has 7 heteroatoms. The van der Waals surface area contributed by atoms with E-state index in [1.165, 1.54) is 11.3 Å². The van der Waals surface area contributed by atoms with E-state index in [0.717, 1.165) is 0 Å². The van der Waals surface area contributed by atoms with Gasteiger partial charge in [0.2, 0.25) is 0 Å². The predicted molar refractivity (Wildman–Crippen MR) is 84.6 cm³/mol. The summed E-state index contributed by atoms with van der Waals surface area (Å²) in [6.45, 7) is 0. The Hall–Kier alpha value is -1.14. The summed E-state index contributed by atoms with van der Waals surface area (Å²) in [5, 5.41) is 3.21. The van der Waals surface area contributed by atoms with Gasteiger partial charge in [-0.25, -0.2) is 0 Å². The Morgan fingerprint density at radius 1 is 1.26 bits per heavy atom. The molecule has 0 saturated carbocycles. The maximum absolute atomic E-state index is 12.0. The second-order valence-corrected chi connectivity index (χ2v) is 6.20. The summed E-state index contributed by atoms with van der Waals surface area (Å²) < 4.78 is 0.547. The minimum Gasteiger partial charge on any atom is -0.389 e. The van der Waals surface area contributed by atoms with Crippen molar-refractivity contribution in [3.8, 4) is 0 Å². The van der Waals surface area contributed by atoms with Gasteiger partial charge in [-0.05, 0) is 30.3 Å². The van der Waals surface area contributed by atoms with Crippen molar-refractivity contribution >= 4 is 63.3 Å². The van der Waals surface area contributed by atoms with Crippen LogP contribution in [0.2, 0.25) is 9.36 Å². The standard InChI is InChI=1S/C12H8Cl2N2OS2/c13-6-1-2-7(11(15)18)8(5-6)16-12(17)9-3-4-10(14)19-9/h1-5H,(H2,15,18)(H,16,17). The van der Waals surface area contributed by atoms with Gasteiger partial charge in [0.15, 0.2) is 0 Å². The van der Waals surface area contributed by atoms with Gasteiger partial charge in [0.1, 0.15) is 4.99 Å². The van der Waals surface area contributed by atoms with Crippen LogP contribution in [0.1, 0.15) is 15.2 Å². The van der Waals surface area contributed by atoms with E-state index >= 15 is 0 Å². The Labute approximate surface area is 129 Å². The van der Waals surface area contributed by atoms with Gasteiger partial charge in [-0.3, -0.25) is 4.79 Å². The van der Waals surface area contributed by atoms with E-state index < -0.39 is 0 Å². The van der Waals surface area contributed by atoms with E-state index in [9.17, 15) is 4.79 Å². The van der Waals surface area contributed by atoms with Crippen molar-refractivity contribution in [1.29, 1.82) is 0 Å². The molecule has 0 atom stereocenters. The molecule has 3 nitrogen and oxygen atoms in total. The summed E-state index contributed by atoms with van der Waals surface area (Å²) in [6.07, 6.45) is 0. The first-order valence-corrected chi connectivity index (χ1v) is 7.11. The van der Waals surface area contributed by atoms with E-state index in [0.29, 0.717) is 25.5 Å². The molecule has 1 aromatic carbocycles. The van der Waals surface area contributed by atoms with Crippen molar-refractivity contribution in [3.63, 3.8) is 0 Å². The van der Waals surface area contributed by atoms with Crippen molar-refractivity contribution in [2.45, 2.75) is 0 Å². The van der Waals surface area contributed by atoms with Gasteiger partial charge in [-0.2, -0.15) is 0 Å². The minimum atomic E-state index is -0.281. The lowest BCUT2D eigenvalue weighted by Crippen LogP contribution is -2.16. The molecule has 2 rings (SSSR count). The molecule has 0 saturated heterocycles. The maximum Gasteiger partial charge on any atom is 0.265 e. The lowest BCUT2D eigenvalue weighted by molar-refractivity contribution is 0.103. The number of thiocarbonyl (C=S) groups is 1. The summed E-state index contributed by atoms with van der Waals surface area (Å²) in [5.41, 5.74) is 6.65. The zero-order valence-corrected chi connectivity index (χ0v) is 12.6. The number of hydrogen-bond donors (Lipinski definition) is 2. The molecule has 0 spiro atoms. The molecule has 0 fully saturated rings. The summed E-state index contributed by atoms with van der Waals surface area (Å²) in [5.74, 6) is -0.281. The molecule has 0 bridgehead atoms. The smallest absolute Gasteiger partial charge is 0.265 e. The van der Waals surface area contributed by atoms with E-state index in [4.69, 9.17) is 41.2 Å². The van der Waals surface area contributed by atoms with Gasteiger partial charge in [-0.15, -0.1) is 11.3 Å². The number of carbonyl (C=O) groups is 1. The van der Waals surface area contributed by atoms with E-state index in [-0.39, 0.29) is 10.9 Å². The molecular weight excluding hydrogens is 323 g/mol. The van der Waals surface area contributed by atoms with Gasteiger partial charge >= 0.3 is 0 Å². The predicted octanol–water partition coefficient (Wildman–Crippen LogP) is 3.94. The van der Waals surface area contributed by atoms with Crippen LogP contribution in [0.3, 0.4) is 0 Å². The molecule has 1 aromatic heterocycles. The maximum atomic E-state index is 12.0. The van der Waals surface area contributed by atoms with E-state index in [1.54, 1.807) is 30.3 Å².